The van der Waals surface area contributed by atoms with E-state index in [9.17, 15) is 0 Å². The Balaban J connectivity index is 1.54. The van der Waals surface area contributed by atoms with Gasteiger partial charge >= 0.3 is 0 Å². The Labute approximate surface area is 107 Å². The van der Waals surface area contributed by atoms with Gasteiger partial charge in [-0.15, -0.1) is 0 Å². The summed E-state index contributed by atoms with van der Waals surface area (Å²) < 4.78 is 0. The van der Waals surface area contributed by atoms with E-state index in [0.29, 0.717) is 0 Å². The molecule has 0 radical (unpaired) electrons. The molecule has 1 saturated carbocycles. The summed E-state index contributed by atoms with van der Waals surface area (Å²) in [5, 5.41) is 3.70. The molecule has 0 amide bonds. The van der Waals surface area contributed by atoms with E-state index in [-0.39, 0.29) is 0 Å². The summed E-state index contributed by atoms with van der Waals surface area (Å²) in [6.45, 7) is 6.24. The summed E-state index contributed by atoms with van der Waals surface area (Å²) in [4.78, 5) is 2.74. The molecule has 0 aromatic carbocycles. The van der Waals surface area contributed by atoms with Gasteiger partial charge in [-0.1, -0.05) is 32.6 Å². The average molecular weight is 238 g/mol. The molecule has 1 heterocycles. The standard InChI is InChI=1S/C15H30N2/c1-2-3-4-5-6-11-17-12-7-8-15(17)13-16-14-9-10-14/h14-16H,2-13H2,1H3. The minimum absolute atomic E-state index is 0.849. The van der Waals surface area contributed by atoms with Crippen molar-refractivity contribution in [3.63, 3.8) is 0 Å². The molecule has 1 saturated heterocycles. The van der Waals surface area contributed by atoms with Crippen LogP contribution in [0, 0.1) is 0 Å². The summed E-state index contributed by atoms with van der Waals surface area (Å²) in [5.41, 5.74) is 0. The summed E-state index contributed by atoms with van der Waals surface area (Å²) >= 11 is 0. The Kier molecular flexibility index (Phi) is 5.79. The molecule has 2 rings (SSSR count). The third-order valence-electron chi connectivity index (χ3n) is 4.27. The molecule has 1 aliphatic carbocycles. The van der Waals surface area contributed by atoms with Crippen LogP contribution in [0.25, 0.3) is 0 Å². The van der Waals surface area contributed by atoms with Crippen LogP contribution >= 0.6 is 0 Å². The minimum atomic E-state index is 0.849. The SMILES string of the molecule is CCCCCCCN1CCCC1CNC1CC1. The smallest absolute Gasteiger partial charge is 0.0221 e. The molecule has 17 heavy (non-hydrogen) atoms. The Hall–Kier alpha value is -0.0800. The van der Waals surface area contributed by atoms with Gasteiger partial charge in [0.25, 0.3) is 0 Å². The lowest BCUT2D eigenvalue weighted by Gasteiger charge is -2.24. The van der Waals surface area contributed by atoms with Gasteiger partial charge in [-0.3, -0.25) is 4.90 Å². The summed E-state index contributed by atoms with van der Waals surface area (Å²) in [5.74, 6) is 0. The van der Waals surface area contributed by atoms with Gasteiger partial charge < -0.3 is 5.32 Å². The fourth-order valence-electron chi connectivity index (χ4n) is 2.93. The van der Waals surface area contributed by atoms with E-state index in [2.05, 4.69) is 17.1 Å². The van der Waals surface area contributed by atoms with Crippen molar-refractivity contribution in [1.29, 1.82) is 0 Å². The zero-order valence-electron chi connectivity index (χ0n) is 11.6. The van der Waals surface area contributed by atoms with Crippen LogP contribution in [-0.2, 0) is 0 Å². The first-order valence-corrected chi connectivity index (χ1v) is 7.87. The molecule has 1 aliphatic heterocycles. The molecule has 0 aromatic heterocycles. The molecule has 1 atom stereocenters. The lowest BCUT2D eigenvalue weighted by atomic mass is 10.1. The number of hydrogen-bond acceptors (Lipinski definition) is 2. The number of nitrogens with zero attached hydrogens (tertiary/aromatic N) is 1. The molecule has 1 N–H and O–H groups in total. The van der Waals surface area contributed by atoms with Crippen LogP contribution in [0.15, 0.2) is 0 Å². The molecule has 0 spiro atoms. The number of rotatable bonds is 9. The lowest BCUT2D eigenvalue weighted by molar-refractivity contribution is 0.241. The molecule has 2 aliphatic rings. The molecule has 1 unspecified atom stereocenters. The van der Waals surface area contributed by atoms with Crippen molar-refractivity contribution in [2.45, 2.75) is 76.8 Å². The van der Waals surface area contributed by atoms with Crippen LogP contribution in [0.5, 0.6) is 0 Å². The van der Waals surface area contributed by atoms with Gasteiger partial charge in [-0.05, 0) is 45.2 Å². The molecule has 0 bridgehead atoms. The van der Waals surface area contributed by atoms with E-state index >= 15 is 0 Å². The van der Waals surface area contributed by atoms with Gasteiger partial charge in [0.1, 0.15) is 0 Å². The van der Waals surface area contributed by atoms with Gasteiger partial charge in [-0.25, -0.2) is 0 Å². The zero-order valence-corrected chi connectivity index (χ0v) is 11.6. The first-order valence-electron chi connectivity index (χ1n) is 7.87. The van der Waals surface area contributed by atoms with Gasteiger partial charge in [-0.2, -0.15) is 0 Å². The topological polar surface area (TPSA) is 15.3 Å². The van der Waals surface area contributed by atoms with Crippen molar-refractivity contribution < 1.29 is 0 Å². The van der Waals surface area contributed by atoms with E-state index in [0.717, 1.165) is 12.1 Å². The Morgan fingerprint density at radius 2 is 1.88 bits per heavy atom. The second-order valence-electron chi connectivity index (χ2n) is 5.93. The molecule has 2 fully saturated rings. The first kappa shape index (κ1) is 13.4. The van der Waals surface area contributed by atoms with E-state index in [4.69, 9.17) is 0 Å². The number of unbranched alkanes of at least 4 members (excludes halogenated alkanes) is 4. The van der Waals surface area contributed by atoms with Crippen LogP contribution in [0.2, 0.25) is 0 Å². The maximum Gasteiger partial charge on any atom is 0.0221 e. The van der Waals surface area contributed by atoms with Crippen LogP contribution in [0.1, 0.15) is 64.7 Å². The van der Waals surface area contributed by atoms with Crippen molar-refractivity contribution in [3.05, 3.63) is 0 Å². The van der Waals surface area contributed by atoms with Crippen molar-refractivity contribution in [1.82, 2.24) is 10.2 Å². The van der Waals surface area contributed by atoms with E-state index < -0.39 is 0 Å². The third-order valence-corrected chi connectivity index (χ3v) is 4.27. The summed E-state index contributed by atoms with van der Waals surface area (Å²) in [6.07, 6.45) is 12.8. The second kappa shape index (κ2) is 7.38. The van der Waals surface area contributed by atoms with Crippen molar-refractivity contribution in [2.75, 3.05) is 19.6 Å². The average Bonchev–Trinajstić information content (AvgIpc) is 3.06. The van der Waals surface area contributed by atoms with Crippen LogP contribution in [0.4, 0.5) is 0 Å². The molecular formula is C15H30N2. The first-order chi connectivity index (χ1) is 8.40. The Morgan fingerprint density at radius 1 is 1.06 bits per heavy atom. The second-order valence-corrected chi connectivity index (χ2v) is 5.93. The van der Waals surface area contributed by atoms with E-state index in [1.165, 1.54) is 77.4 Å². The Bertz CT molecular complexity index is 201. The third kappa shape index (κ3) is 4.97. The molecule has 0 aromatic rings. The van der Waals surface area contributed by atoms with Crippen LogP contribution in [0.3, 0.4) is 0 Å². The normalized spacial score (nSPS) is 25.6. The quantitative estimate of drug-likeness (QED) is 0.621. The molecule has 100 valence electrons. The van der Waals surface area contributed by atoms with Crippen molar-refractivity contribution >= 4 is 0 Å². The highest BCUT2D eigenvalue weighted by molar-refractivity contribution is 4.86. The van der Waals surface area contributed by atoms with Crippen molar-refractivity contribution in [2.24, 2.45) is 0 Å². The van der Waals surface area contributed by atoms with Gasteiger partial charge in [0, 0.05) is 18.6 Å². The number of likely N-dealkylation sites (tertiary alicyclic amines) is 1. The maximum atomic E-state index is 3.70. The fourth-order valence-corrected chi connectivity index (χ4v) is 2.93. The van der Waals surface area contributed by atoms with E-state index in [1.54, 1.807) is 0 Å². The number of hydrogen-bond donors (Lipinski definition) is 1. The van der Waals surface area contributed by atoms with Gasteiger partial charge in [0.2, 0.25) is 0 Å². The van der Waals surface area contributed by atoms with Crippen LogP contribution < -0.4 is 5.32 Å². The molecule has 2 heteroatoms. The largest absolute Gasteiger partial charge is 0.312 e. The maximum absolute atomic E-state index is 3.70. The lowest BCUT2D eigenvalue weighted by Crippen LogP contribution is -2.39. The minimum Gasteiger partial charge on any atom is -0.312 e. The molecular weight excluding hydrogens is 208 g/mol. The highest BCUT2D eigenvalue weighted by Crippen LogP contribution is 2.21. The summed E-state index contributed by atoms with van der Waals surface area (Å²) in [6, 6.07) is 1.73. The van der Waals surface area contributed by atoms with Crippen molar-refractivity contribution in [3.8, 4) is 0 Å². The van der Waals surface area contributed by atoms with Gasteiger partial charge in [0.05, 0.1) is 0 Å². The molecule has 2 nitrogen and oxygen atoms in total. The highest BCUT2D eigenvalue weighted by Gasteiger charge is 2.27. The van der Waals surface area contributed by atoms with Gasteiger partial charge in [0.15, 0.2) is 0 Å². The number of nitrogens with one attached hydrogen (secondary N) is 1. The monoisotopic (exact) mass is 238 g/mol. The van der Waals surface area contributed by atoms with Crippen LogP contribution in [-0.4, -0.2) is 36.6 Å². The predicted molar refractivity (Wildman–Crippen MR) is 74.4 cm³/mol. The fraction of sp³-hybridized carbons (Fsp3) is 1.00. The van der Waals surface area contributed by atoms with E-state index in [1.807, 2.05) is 0 Å². The summed E-state index contributed by atoms with van der Waals surface area (Å²) in [7, 11) is 0. The Morgan fingerprint density at radius 3 is 2.65 bits per heavy atom. The zero-order chi connectivity index (χ0) is 11.9. The predicted octanol–water partition coefficient (Wildman–Crippen LogP) is 3.17. The highest BCUT2D eigenvalue weighted by atomic mass is 15.2.